The van der Waals surface area contributed by atoms with Crippen molar-refractivity contribution in [1.29, 1.82) is 0 Å². The molecule has 2 fully saturated rings. The Hall–Kier alpha value is -0.570. The van der Waals surface area contributed by atoms with E-state index in [9.17, 15) is 4.79 Å². The zero-order valence-corrected chi connectivity index (χ0v) is 6.68. The Balaban J connectivity index is 1.87. The highest BCUT2D eigenvalue weighted by molar-refractivity contribution is 5.82. The van der Waals surface area contributed by atoms with Crippen LogP contribution in [0.1, 0.15) is 19.3 Å². The lowest BCUT2D eigenvalue weighted by Crippen LogP contribution is -2.53. The van der Waals surface area contributed by atoms with Crippen molar-refractivity contribution in [2.24, 2.45) is 0 Å². The Morgan fingerprint density at radius 1 is 1.36 bits per heavy atom. The van der Waals surface area contributed by atoms with Gasteiger partial charge in [0.15, 0.2) is 0 Å². The van der Waals surface area contributed by atoms with E-state index in [-0.39, 0.29) is 6.04 Å². The van der Waals surface area contributed by atoms with Crippen molar-refractivity contribution < 1.29 is 4.79 Å². The normalized spacial score (nSPS) is 30.2. The summed E-state index contributed by atoms with van der Waals surface area (Å²) < 4.78 is 0. The van der Waals surface area contributed by atoms with Gasteiger partial charge in [0.1, 0.15) is 0 Å². The van der Waals surface area contributed by atoms with Crippen LogP contribution in [0.15, 0.2) is 0 Å². The molecular formula is C8H14N2O. The Morgan fingerprint density at radius 2 is 2.00 bits per heavy atom. The summed E-state index contributed by atoms with van der Waals surface area (Å²) in [5.74, 6) is 0.328. The van der Waals surface area contributed by atoms with Gasteiger partial charge in [0.2, 0.25) is 5.91 Å². The van der Waals surface area contributed by atoms with Crippen LogP contribution in [0.3, 0.4) is 0 Å². The Morgan fingerprint density at radius 3 is 2.45 bits per heavy atom. The Kier molecular flexibility index (Phi) is 1.82. The molecule has 0 aromatic rings. The molecule has 11 heavy (non-hydrogen) atoms. The average Bonchev–Trinajstić information content (AvgIpc) is 2.32. The molecule has 2 rings (SSSR count). The summed E-state index contributed by atoms with van der Waals surface area (Å²) in [4.78, 5) is 13.5. The number of nitrogens with zero attached hydrogens (tertiary/aromatic N) is 1. The lowest BCUT2D eigenvalue weighted by Gasteiger charge is -2.30. The topological polar surface area (TPSA) is 32.3 Å². The summed E-state index contributed by atoms with van der Waals surface area (Å²) >= 11 is 0. The number of nitrogens with one attached hydrogen (secondary N) is 1. The van der Waals surface area contributed by atoms with Crippen molar-refractivity contribution in [1.82, 2.24) is 10.2 Å². The van der Waals surface area contributed by atoms with E-state index in [1.165, 1.54) is 12.8 Å². The first kappa shape index (κ1) is 7.10. The molecule has 3 nitrogen and oxygen atoms in total. The monoisotopic (exact) mass is 154 g/mol. The van der Waals surface area contributed by atoms with E-state index in [4.69, 9.17) is 0 Å². The third kappa shape index (κ3) is 1.25. The zero-order valence-electron chi connectivity index (χ0n) is 6.68. The van der Waals surface area contributed by atoms with Crippen LogP contribution in [0.4, 0.5) is 0 Å². The molecular weight excluding hydrogens is 140 g/mol. The second kappa shape index (κ2) is 2.81. The van der Waals surface area contributed by atoms with Gasteiger partial charge in [-0.15, -0.1) is 0 Å². The summed E-state index contributed by atoms with van der Waals surface area (Å²) in [6.45, 7) is 2.98. The van der Waals surface area contributed by atoms with E-state index in [0.717, 1.165) is 26.1 Å². The van der Waals surface area contributed by atoms with Crippen LogP contribution < -0.4 is 5.32 Å². The van der Waals surface area contributed by atoms with Crippen molar-refractivity contribution in [3.05, 3.63) is 0 Å². The van der Waals surface area contributed by atoms with Gasteiger partial charge in [-0.1, -0.05) is 0 Å². The van der Waals surface area contributed by atoms with Crippen LogP contribution in [0, 0.1) is 0 Å². The first-order valence-electron chi connectivity index (χ1n) is 4.40. The van der Waals surface area contributed by atoms with Gasteiger partial charge >= 0.3 is 0 Å². The number of hydrogen-bond acceptors (Lipinski definition) is 2. The van der Waals surface area contributed by atoms with Gasteiger partial charge in [-0.05, 0) is 25.8 Å². The third-order valence-electron chi connectivity index (χ3n) is 2.54. The first-order chi connectivity index (χ1) is 5.38. The number of hydrogen-bond donors (Lipinski definition) is 1. The minimum atomic E-state index is 0.160. The van der Waals surface area contributed by atoms with E-state index in [1.807, 2.05) is 4.90 Å². The predicted molar refractivity (Wildman–Crippen MR) is 42.2 cm³/mol. The van der Waals surface area contributed by atoms with Gasteiger partial charge in [0, 0.05) is 13.1 Å². The SMILES string of the molecule is O=C(C1CCN1)N1CCCC1. The molecule has 1 atom stereocenters. The molecule has 2 heterocycles. The van der Waals surface area contributed by atoms with Crippen molar-refractivity contribution >= 4 is 5.91 Å². The fourth-order valence-corrected chi connectivity index (χ4v) is 1.66. The maximum atomic E-state index is 11.5. The van der Waals surface area contributed by atoms with E-state index in [0.29, 0.717) is 5.91 Å². The molecule has 1 unspecified atom stereocenters. The molecule has 0 spiro atoms. The molecule has 0 radical (unpaired) electrons. The van der Waals surface area contributed by atoms with Gasteiger partial charge < -0.3 is 10.2 Å². The van der Waals surface area contributed by atoms with Crippen molar-refractivity contribution in [2.45, 2.75) is 25.3 Å². The summed E-state index contributed by atoms with van der Waals surface area (Å²) in [5, 5.41) is 3.13. The smallest absolute Gasteiger partial charge is 0.239 e. The summed E-state index contributed by atoms with van der Waals surface area (Å²) in [6.07, 6.45) is 3.42. The molecule has 0 aliphatic carbocycles. The molecule has 2 aliphatic heterocycles. The number of likely N-dealkylation sites (tertiary alicyclic amines) is 1. The van der Waals surface area contributed by atoms with Crippen LogP contribution in [0.5, 0.6) is 0 Å². The quantitative estimate of drug-likeness (QED) is 0.575. The fraction of sp³-hybridized carbons (Fsp3) is 0.875. The Bertz CT molecular complexity index is 159. The third-order valence-corrected chi connectivity index (χ3v) is 2.54. The van der Waals surface area contributed by atoms with Crippen molar-refractivity contribution in [3.63, 3.8) is 0 Å². The van der Waals surface area contributed by atoms with E-state index in [2.05, 4.69) is 5.32 Å². The second-order valence-corrected chi connectivity index (χ2v) is 3.33. The molecule has 3 heteroatoms. The molecule has 0 aromatic carbocycles. The first-order valence-corrected chi connectivity index (χ1v) is 4.40. The summed E-state index contributed by atoms with van der Waals surface area (Å²) in [5.41, 5.74) is 0. The molecule has 0 aromatic heterocycles. The number of carbonyl (C=O) groups is 1. The number of amides is 1. The van der Waals surface area contributed by atoms with Crippen LogP contribution in [-0.2, 0) is 4.79 Å². The van der Waals surface area contributed by atoms with E-state index >= 15 is 0 Å². The molecule has 1 N–H and O–H groups in total. The van der Waals surface area contributed by atoms with Crippen LogP contribution in [-0.4, -0.2) is 36.5 Å². The largest absolute Gasteiger partial charge is 0.341 e. The van der Waals surface area contributed by atoms with Crippen LogP contribution in [0.25, 0.3) is 0 Å². The van der Waals surface area contributed by atoms with E-state index < -0.39 is 0 Å². The molecule has 0 bridgehead atoms. The molecule has 0 saturated carbocycles. The number of rotatable bonds is 1. The van der Waals surface area contributed by atoms with Gasteiger partial charge in [0.05, 0.1) is 6.04 Å². The minimum absolute atomic E-state index is 0.160. The minimum Gasteiger partial charge on any atom is -0.341 e. The van der Waals surface area contributed by atoms with Crippen LogP contribution >= 0.6 is 0 Å². The lowest BCUT2D eigenvalue weighted by molar-refractivity contribution is -0.134. The molecule has 2 saturated heterocycles. The maximum Gasteiger partial charge on any atom is 0.239 e. The molecule has 1 amide bonds. The fourth-order valence-electron chi connectivity index (χ4n) is 1.66. The Labute approximate surface area is 66.8 Å². The highest BCUT2D eigenvalue weighted by Crippen LogP contribution is 2.12. The maximum absolute atomic E-state index is 11.5. The van der Waals surface area contributed by atoms with Gasteiger partial charge in [-0.25, -0.2) is 0 Å². The zero-order chi connectivity index (χ0) is 7.68. The summed E-state index contributed by atoms with van der Waals surface area (Å²) in [7, 11) is 0. The predicted octanol–water partition coefficient (Wildman–Crippen LogP) is -0.0293. The van der Waals surface area contributed by atoms with Crippen molar-refractivity contribution in [2.75, 3.05) is 19.6 Å². The number of carbonyl (C=O) groups excluding carboxylic acids is 1. The molecule has 62 valence electrons. The second-order valence-electron chi connectivity index (χ2n) is 3.33. The van der Waals surface area contributed by atoms with Crippen molar-refractivity contribution in [3.8, 4) is 0 Å². The highest BCUT2D eigenvalue weighted by atomic mass is 16.2. The average molecular weight is 154 g/mol. The van der Waals surface area contributed by atoms with Gasteiger partial charge in [-0.2, -0.15) is 0 Å². The lowest BCUT2D eigenvalue weighted by atomic mass is 10.1. The van der Waals surface area contributed by atoms with E-state index in [1.54, 1.807) is 0 Å². The van der Waals surface area contributed by atoms with Gasteiger partial charge in [0.25, 0.3) is 0 Å². The standard InChI is InChI=1S/C8H14N2O/c11-8(7-3-4-9-7)10-5-1-2-6-10/h7,9H,1-6H2. The summed E-state index contributed by atoms with van der Waals surface area (Å²) in [6, 6.07) is 0.160. The molecule has 2 aliphatic rings. The van der Waals surface area contributed by atoms with Crippen LogP contribution in [0.2, 0.25) is 0 Å². The highest BCUT2D eigenvalue weighted by Gasteiger charge is 2.29. The van der Waals surface area contributed by atoms with Gasteiger partial charge in [-0.3, -0.25) is 4.79 Å².